The highest BCUT2D eigenvalue weighted by Gasteiger charge is 2.34. The number of carbonyl (C=O) groups is 2. The Morgan fingerprint density at radius 2 is 1.97 bits per heavy atom. The molecule has 9 heteroatoms. The largest absolute Gasteiger partial charge is 0.364 e. The number of aromatic nitrogens is 3. The molecule has 3 atom stereocenters. The van der Waals surface area contributed by atoms with Crippen molar-refractivity contribution in [1.82, 2.24) is 20.5 Å². The Hall–Kier alpha value is -3.49. The highest BCUT2D eigenvalue weighted by Crippen LogP contribution is 2.30. The summed E-state index contributed by atoms with van der Waals surface area (Å²) in [5.74, 6) is -0.0720. The molecule has 0 radical (unpaired) electrons. The first-order valence-corrected chi connectivity index (χ1v) is 10.8. The second-order valence-corrected chi connectivity index (χ2v) is 8.38. The lowest BCUT2D eigenvalue weighted by molar-refractivity contribution is -0.117. The number of rotatable bonds is 7. The zero-order valence-electron chi connectivity index (χ0n) is 19.1. The van der Waals surface area contributed by atoms with Gasteiger partial charge in [0.05, 0.1) is 0 Å². The van der Waals surface area contributed by atoms with Crippen LogP contribution in [-0.2, 0) is 4.79 Å². The molecule has 0 bridgehead atoms. The lowest BCUT2D eigenvalue weighted by Crippen LogP contribution is -2.51. The first-order valence-electron chi connectivity index (χ1n) is 10.8. The standard InChI is InChI=1S/C23H31N7O2/c1-6-19(31)26-17-8-7-9-18(15(17)4)30(5)23-27-22(20(21(24)32)28-29-23)25-16-11-10-13(2)14(3)12-16/h6,10-12,15,17-18H,1,7-9H2,2-5H3,(H2,24,32)(H,26,31)(H,25,27,29)/t15-,17?,18+/m0/s1. The summed E-state index contributed by atoms with van der Waals surface area (Å²) in [6.45, 7) is 9.68. The number of amides is 2. The summed E-state index contributed by atoms with van der Waals surface area (Å²) >= 11 is 0. The van der Waals surface area contributed by atoms with Crippen molar-refractivity contribution in [2.75, 3.05) is 17.3 Å². The third kappa shape index (κ3) is 5.04. The highest BCUT2D eigenvalue weighted by atomic mass is 16.2. The molecule has 2 amide bonds. The maximum atomic E-state index is 11.9. The van der Waals surface area contributed by atoms with E-state index in [9.17, 15) is 9.59 Å². The normalized spacial score (nSPS) is 20.3. The van der Waals surface area contributed by atoms with E-state index in [2.05, 4.69) is 39.3 Å². The van der Waals surface area contributed by atoms with Crippen LogP contribution in [0.15, 0.2) is 30.9 Å². The molecule has 1 aliphatic carbocycles. The van der Waals surface area contributed by atoms with E-state index >= 15 is 0 Å². The molecule has 32 heavy (non-hydrogen) atoms. The minimum Gasteiger partial charge on any atom is -0.364 e. The molecular formula is C23H31N7O2. The number of hydrogen-bond acceptors (Lipinski definition) is 7. The molecule has 1 aromatic heterocycles. The molecule has 0 spiro atoms. The summed E-state index contributed by atoms with van der Waals surface area (Å²) in [5.41, 5.74) is 8.54. The highest BCUT2D eigenvalue weighted by molar-refractivity contribution is 5.96. The van der Waals surface area contributed by atoms with Gasteiger partial charge >= 0.3 is 0 Å². The number of benzene rings is 1. The van der Waals surface area contributed by atoms with Crippen molar-refractivity contribution in [3.63, 3.8) is 0 Å². The van der Waals surface area contributed by atoms with Crippen LogP contribution < -0.4 is 21.3 Å². The lowest BCUT2D eigenvalue weighted by atomic mass is 9.81. The second-order valence-electron chi connectivity index (χ2n) is 8.38. The van der Waals surface area contributed by atoms with E-state index in [4.69, 9.17) is 5.73 Å². The van der Waals surface area contributed by atoms with Gasteiger partial charge in [0, 0.05) is 24.8 Å². The van der Waals surface area contributed by atoms with Crippen LogP contribution in [0.2, 0.25) is 0 Å². The lowest BCUT2D eigenvalue weighted by Gasteiger charge is -2.41. The summed E-state index contributed by atoms with van der Waals surface area (Å²) in [6.07, 6.45) is 4.09. The maximum absolute atomic E-state index is 11.9. The number of carbonyl (C=O) groups excluding carboxylic acids is 2. The fourth-order valence-electron chi connectivity index (χ4n) is 4.16. The Balaban J connectivity index is 1.87. The SMILES string of the molecule is C=CC(=O)NC1CCC[C@@H](N(C)c2nnc(C(N)=O)c(Nc3ccc(C)c(C)c3)n2)[C@H]1C. The van der Waals surface area contributed by atoms with E-state index in [1.807, 2.05) is 44.0 Å². The van der Waals surface area contributed by atoms with Crippen LogP contribution in [0.3, 0.4) is 0 Å². The molecule has 1 heterocycles. The molecule has 0 aliphatic heterocycles. The maximum Gasteiger partial charge on any atom is 0.273 e. The Morgan fingerprint density at radius 3 is 2.62 bits per heavy atom. The predicted molar refractivity (Wildman–Crippen MR) is 125 cm³/mol. The van der Waals surface area contributed by atoms with Gasteiger partial charge < -0.3 is 21.3 Å². The molecule has 1 saturated carbocycles. The van der Waals surface area contributed by atoms with Crippen LogP contribution in [0, 0.1) is 19.8 Å². The molecule has 1 fully saturated rings. The zero-order valence-corrected chi connectivity index (χ0v) is 19.1. The van der Waals surface area contributed by atoms with Gasteiger partial charge in [0.2, 0.25) is 11.9 Å². The van der Waals surface area contributed by atoms with Crippen molar-refractivity contribution < 1.29 is 9.59 Å². The molecule has 1 aliphatic rings. The van der Waals surface area contributed by atoms with E-state index in [0.29, 0.717) is 5.95 Å². The van der Waals surface area contributed by atoms with Gasteiger partial charge in [0.15, 0.2) is 11.5 Å². The van der Waals surface area contributed by atoms with E-state index in [1.54, 1.807) is 0 Å². The van der Waals surface area contributed by atoms with Gasteiger partial charge in [-0.05, 0) is 68.4 Å². The number of nitrogens with one attached hydrogen (secondary N) is 2. The number of nitrogens with two attached hydrogens (primary N) is 1. The van der Waals surface area contributed by atoms with Crippen molar-refractivity contribution in [3.05, 3.63) is 47.7 Å². The van der Waals surface area contributed by atoms with E-state index in [-0.39, 0.29) is 35.4 Å². The molecule has 0 saturated heterocycles. The van der Waals surface area contributed by atoms with Crippen LogP contribution in [0.4, 0.5) is 17.5 Å². The molecule has 170 valence electrons. The summed E-state index contributed by atoms with van der Waals surface area (Å²) in [6, 6.07) is 6.00. The van der Waals surface area contributed by atoms with Crippen LogP contribution in [0.1, 0.15) is 47.8 Å². The second kappa shape index (κ2) is 9.76. The van der Waals surface area contributed by atoms with Gasteiger partial charge in [0.25, 0.3) is 5.91 Å². The molecule has 4 N–H and O–H groups in total. The fourth-order valence-corrected chi connectivity index (χ4v) is 4.16. The third-order valence-electron chi connectivity index (χ3n) is 6.26. The van der Waals surface area contributed by atoms with E-state index in [0.717, 1.165) is 36.1 Å². The molecule has 9 nitrogen and oxygen atoms in total. The number of hydrogen-bond donors (Lipinski definition) is 3. The fraction of sp³-hybridized carbons (Fsp3) is 0.435. The average molecular weight is 438 g/mol. The van der Waals surface area contributed by atoms with Gasteiger partial charge in [-0.3, -0.25) is 9.59 Å². The average Bonchev–Trinajstić information content (AvgIpc) is 2.77. The first kappa shape index (κ1) is 23.2. The summed E-state index contributed by atoms with van der Waals surface area (Å²) in [4.78, 5) is 30.3. The number of anilines is 3. The van der Waals surface area contributed by atoms with Crippen molar-refractivity contribution in [3.8, 4) is 0 Å². The quantitative estimate of drug-likeness (QED) is 0.568. The first-order chi connectivity index (χ1) is 15.2. The molecule has 2 aromatic rings. The molecule has 1 unspecified atom stereocenters. The topological polar surface area (TPSA) is 126 Å². The number of nitrogens with zero attached hydrogens (tertiary/aromatic N) is 4. The monoisotopic (exact) mass is 437 g/mol. The van der Waals surface area contributed by atoms with Crippen LogP contribution in [0.25, 0.3) is 0 Å². The predicted octanol–water partition coefficient (Wildman–Crippen LogP) is 2.63. The van der Waals surface area contributed by atoms with Crippen LogP contribution in [-0.4, -0.2) is 46.1 Å². The van der Waals surface area contributed by atoms with Gasteiger partial charge in [0.1, 0.15) is 0 Å². The molecule has 3 rings (SSSR count). The van der Waals surface area contributed by atoms with Gasteiger partial charge in [-0.1, -0.05) is 19.6 Å². The zero-order chi connectivity index (χ0) is 23.4. The Morgan fingerprint density at radius 1 is 1.22 bits per heavy atom. The van der Waals surface area contributed by atoms with Gasteiger partial charge in [-0.25, -0.2) is 0 Å². The van der Waals surface area contributed by atoms with Crippen molar-refractivity contribution >= 4 is 29.3 Å². The number of primary amides is 1. The smallest absolute Gasteiger partial charge is 0.273 e. The Labute approximate surface area is 188 Å². The van der Waals surface area contributed by atoms with Crippen LogP contribution in [0.5, 0.6) is 0 Å². The van der Waals surface area contributed by atoms with Gasteiger partial charge in [-0.2, -0.15) is 4.98 Å². The molecule has 1 aromatic carbocycles. The van der Waals surface area contributed by atoms with Crippen molar-refractivity contribution in [2.45, 2.75) is 52.1 Å². The van der Waals surface area contributed by atoms with Crippen LogP contribution >= 0.6 is 0 Å². The van der Waals surface area contributed by atoms with E-state index < -0.39 is 5.91 Å². The summed E-state index contributed by atoms with van der Waals surface area (Å²) in [5, 5.41) is 14.4. The Kier molecular flexibility index (Phi) is 7.07. The minimum absolute atomic E-state index is 0.0202. The minimum atomic E-state index is -0.705. The third-order valence-corrected chi connectivity index (χ3v) is 6.26. The summed E-state index contributed by atoms with van der Waals surface area (Å²) in [7, 11) is 1.90. The number of aryl methyl sites for hydroxylation is 2. The van der Waals surface area contributed by atoms with E-state index in [1.165, 1.54) is 6.08 Å². The van der Waals surface area contributed by atoms with Crippen molar-refractivity contribution in [2.24, 2.45) is 11.7 Å². The molecular weight excluding hydrogens is 406 g/mol. The Bertz CT molecular complexity index is 1020. The van der Waals surface area contributed by atoms with Gasteiger partial charge in [-0.15, -0.1) is 10.2 Å². The summed E-state index contributed by atoms with van der Waals surface area (Å²) < 4.78 is 0. The van der Waals surface area contributed by atoms with Crippen molar-refractivity contribution in [1.29, 1.82) is 0 Å².